The zero-order chi connectivity index (χ0) is 21.8. The molecule has 0 saturated carbocycles. The topological polar surface area (TPSA) is 97.0 Å². The van der Waals surface area contributed by atoms with E-state index in [-0.39, 0.29) is 17.4 Å². The van der Waals surface area contributed by atoms with E-state index in [0.29, 0.717) is 16.3 Å². The highest BCUT2D eigenvalue weighted by Gasteiger charge is 2.14. The van der Waals surface area contributed by atoms with Gasteiger partial charge in [0.1, 0.15) is 22.6 Å². The fraction of sp³-hybridized carbons (Fsp3) is 0.130. The molecule has 0 atom stereocenters. The minimum Gasteiger partial charge on any atom is -0.497 e. The third kappa shape index (κ3) is 4.59. The molecule has 4 aromatic rings. The van der Waals surface area contributed by atoms with E-state index in [1.54, 1.807) is 31.4 Å². The van der Waals surface area contributed by atoms with Crippen molar-refractivity contribution in [2.75, 3.05) is 18.2 Å². The van der Waals surface area contributed by atoms with E-state index in [0.717, 1.165) is 27.9 Å². The zero-order valence-corrected chi connectivity index (χ0v) is 17.8. The number of H-pyrrole nitrogens is 1. The van der Waals surface area contributed by atoms with E-state index in [1.807, 2.05) is 30.5 Å². The maximum atomic E-state index is 12.4. The number of nitrogens with zero attached hydrogens (tertiary/aromatic N) is 2. The molecule has 156 valence electrons. The van der Waals surface area contributed by atoms with Crippen LogP contribution in [0, 0.1) is 0 Å². The van der Waals surface area contributed by atoms with E-state index >= 15 is 0 Å². The molecule has 0 aliphatic carbocycles. The molecule has 2 heterocycles. The number of thioether (sulfide) groups is 1. The number of hydrogen-bond acceptors (Lipinski definition) is 6. The summed E-state index contributed by atoms with van der Waals surface area (Å²) >= 11 is 1.33. The lowest BCUT2D eigenvalue weighted by Crippen LogP contribution is -2.14. The Bertz CT molecular complexity index is 1230. The van der Waals surface area contributed by atoms with Crippen molar-refractivity contribution in [2.45, 2.75) is 11.9 Å². The molecule has 2 aromatic heterocycles. The van der Waals surface area contributed by atoms with Crippen LogP contribution in [-0.4, -0.2) is 39.5 Å². The molecule has 7 nitrogen and oxygen atoms in total. The van der Waals surface area contributed by atoms with Gasteiger partial charge in [-0.2, -0.15) is 0 Å². The van der Waals surface area contributed by atoms with E-state index < -0.39 is 0 Å². The van der Waals surface area contributed by atoms with Gasteiger partial charge >= 0.3 is 0 Å². The number of hydrogen-bond donors (Lipinski definition) is 2. The van der Waals surface area contributed by atoms with Gasteiger partial charge in [-0.1, -0.05) is 23.9 Å². The van der Waals surface area contributed by atoms with Crippen molar-refractivity contribution in [1.29, 1.82) is 0 Å². The smallest absolute Gasteiger partial charge is 0.234 e. The Balaban J connectivity index is 1.46. The number of fused-ring (bicyclic) bond motifs is 1. The molecule has 4 rings (SSSR count). The molecular weight excluding hydrogens is 412 g/mol. The molecule has 0 aliphatic heterocycles. The van der Waals surface area contributed by atoms with Crippen molar-refractivity contribution in [3.8, 4) is 16.9 Å². The number of Topliss-reactive ketones (excluding diaryl/α,β-unsaturated/α-hetero) is 1. The molecule has 8 heteroatoms. The predicted octanol–water partition coefficient (Wildman–Crippen LogP) is 4.57. The van der Waals surface area contributed by atoms with Gasteiger partial charge in [-0.3, -0.25) is 9.59 Å². The molecule has 0 aliphatic rings. The lowest BCUT2D eigenvalue weighted by Gasteiger charge is -2.06. The first-order chi connectivity index (χ1) is 15.0. The van der Waals surface area contributed by atoms with Crippen LogP contribution in [0.1, 0.15) is 17.3 Å². The molecule has 0 saturated heterocycles. The predicted molar refractivity (Wildman–Crippen MR) is 122 cm³/mol. The van der Waals surface area contributed by atoms with Gasteiger partial charge in [0.15, 0.2) is 5.78 Å². The van der Waals surface area contributed by atoms with Crippen LogP contribution >= 0.6 is 11.8 Å². The van der Waals surface area contributed by atoms with E-state index in [9.17, 15) is 9.59 Å². The van der Waals surface area contributed by atoms with Gasteiger partial charge in [-0.05, 0) is 48.9 Å². The summed E-state index contributed by atoms with van der Waals surface area (Å²) in [5, 5.41) is 3.53. The summed E-state index contributed by atoms with van der Waals surface area (Å²) < 4.78 is 5.22. The molecular formula is C23H20N4O3S. The molecule has 0 unspecified atom stereocenters. The third-order valence-corrected chi connectivity index (χ3v) is 5.73. The van der Waals surface area contributed by atoms with E-state index in [4.69, 9.17) is 4.74 Å². The van der Waals surface area contributed by atoms with Crippen molar-refractivity contribution in [2.24, 2.45) is 0 Å². The van der Waals surface area contributed by atoms with Crippen molar-refractivity contribution in [3.63, 3.8) is 0 Å². The van der Waals surface area contributed by atoms with Crippen molar-refractivity contribution in [3.05, 3.63) is 66.6 Å². The first-order valence-electron chi connectivity index (χ1n) is 9.55. The number of benzene rings is 2. The number of methoxy groups -OCH3 is 1. The van der Waals surface area contributed by atoms with Gasteiger partial charge in [0.05, 0.1) is 18.4 Å². The molecule has 2 N–H and O–H groups in total. The molecule has 0 bridgehead atoms. The number of carbonyl (C=O) groups excluding carboxylic acids is 2. The summed E-state index contributed by atoms with van der Waals surface area (Å²) in [6, 6.07) is 14.6. The summed E-state index contributed by atoms with van der Waals surface area (Å²) in [4.78, 5) is 35.7. The number of aromatic nitrogens is 3. The number of anilines is 1. The van der Waals surface area contributed by atoms with Crippen molar-refractivity contribution < 1.29 is 14.3 Å². The van der Waals surface area contributed by atoms with Crippen molar-refractivity contribution in [1.82, 2.24) is 15.0 Å². The zero-order valence-electron chi connectivity index (χ0n) is 17.0. The minimum atomic E-state index is -0.158. The maximum Gasteiger partial charge on any atom is 0.234 e. The number of ketones is 1. The summed E-state index contributed by atoms with van der Waals surface area (Å²) in [7, 11) is 1.63. The average Bonchev–Trinajstić information content (AvgIpc) is 3.23. The second kappa shape index (κ2) is 9.01. The van der Waals surface area contributed by atoms with Crippen LogP contribution in [0.25, 0.3) is 22.2 Å². The lowest BCUT2D eigenvalue weighted by atomic mass is 10.1. The Kier molecular flexibility index (Phi) is 5.99. The number of carbonyl (C=O) groups is 2. The molecule has 31 heavy (non-hydrogen) atoms. The minimum absolute atomic E-state index is 0.0128. The summed E-state index contributed by atoms with van der Waals surface area (Å²) in [5.41, 5.74) is 4.80. The van der Waals surface area contributed by atoms with Crippen LogP contribution < -0.4 is 10.1 Å². The summed E-state index contributed by atoms with van der Waals surface area (Å²) in [6.07, 6.45) is 3.39. The summed E-state index contributed by atoms with van der Waals surface area (Å²) in [5.74, 6) is 0.809. The maximum absolute atomic E-state index is 12.4. The highest BCUT2D eigenvalue weighted by molar-refractivity contribution is 8.00. The third-order valence-electron chi connectivity index (χ3n) is 4.74. The van der Waals surface area contributed by atoms with Crippen LogP contribution in [0.5, 0.6) is 5.75 Å². The lowest BCUT2D eigenvalue weighted by molar-refractivity contribution is -0.113. The number of ether oxygens (including phenoxy) is 1. The Labute approximate surface area is 183 Å². The monoisotopic (exact) mass is 432 g/mol. The standard InChI is InChI=1S/C23H20N4O3S/c1-14(28)15-3-7-17(8-4-15)27-20(29)12-31-23-22-21(25-13-26-23)19(11-24-22)16-5-9-18(30-2)10-6-16/h3-11,13,24H,12H2,1-2H3,(H,27,29). The van der Waals surface area contributed by atoms with Gasteiger partial charge in [0.25, 0.3) is 0 Å². The van der Waals surface area contributed by atoms with Gasteiger partial charge in [0, 0.05) is 23.0 Å². The quantitative estimate of drug-likeness (QED) is 0.252. The highest BCUT2D eigenvalue weighted by Crippen LogP contribution is 2.32. The SMILES string of the molecule is COc1ccc(-c2c[nH]c3c(SCC(=O)Nc4ccc(C(C)=O)cc4)ncnc23)cc1. The number of nitrogens with one attached hydrogen (secondary N) is 2. The first-order valence-corrected chi connectivity index (χ1v) is 10.5. The second-order valence-electron chi connectivity index (χ2n) is 6.80. The molecule has 2 aromatic carbocycles. The molecule has 0 fully saturated rings. The van der Waals surface area contributed by atoms with Gasteiger partial charge in [0.2, 0.25) is 5.91 Å². The van der Waals surface area contributed by atoms with Crippen LogP contribution in [0.4, 0.5) is 5.69 Å². The van der Waals surface area contributed by atoms with Crippen LogP contribution in [0.3, 0.4) is 0 Å². The largest absolute Gasteiger partial charge is 0.497 e. The first kappa shape index (κ1) is 20.6. The normalized spacial score (nSPS) is 10.8. The summed E-state index contributed by atoms with van der Waals surface area (Å²) in [6.45, 7) is 1.51. The van der Waals surface area contributed by atoms with E-state index in [1.165, 1.54) is 25.0 Å². The number of rotatable bonds is 7. The average molecular weight is 433 g/mol. The second-order valence-corrected chi connectivity index (χ2v) is 7.77. The number of aromatic amines is 1. The Hall–Kier alpha value is -3.65. The Morgan fingerprint density at radius 2 is 1.81 bits per heavy atom. The van der Waals surface area contributed by atoms with Gasteiger partial charge in [-0.25, -0.2) is 9.97 Å². The van der Waals surface area contributed by atoms with Gasteiger partial charge < -0.3 is 15.0 Å². The Morgan fingerprint density at radius 3 is 2.48 bits per heavy atom. The fourth-order valence-corrected chi connectivity index (χ4v) is 3.90. The van der Waals surface area contributed by atoms with Crippen LogP contribution in [0.2, 0.25) is 0 Å². The highest BCUT2D eigenvalue weighted by atomic mass is 32.2. The van der Waals surface area contributed by atoms with Crippen molar-refractivity contribution >= 4 is 40.2 Å². The molecule has 1 amide bonds. The number of amides is 1. The van der Waals surface area contributed by atoms with E-state index in [2.05, 4.69) is 20.3 Å². The Morgan fingerprint density at radius 1 is 1.06 bits per heavy atom. The van der Waals surface area contributed by atoms with Crippen LogP contribution in [-0.2, 0) is 4.79 Å². The fourth-order valence-electron chi connectivity index (χ4n) is 3.14. The molecule has 0 spiro atoms. The molecule has 0 radical (unpaired) electrons. The van der Waals surface area contributed by atoms with Gasteiger partial charge in [-0.15, -0.1) is 0 Å². The van der Waals surface area contributed by atoms with Crippen LogP contribution in [0.15, 0.2) is 66.1 Å².